The van der Waals surface area contributed by atoms with Gasteiger partial charge in [-0.2, -0.15) is 0 Å². The van der Waals surface area contributed by atoms with E-state index in [1.54, 1.807) is 0 Å². The summed E-state index contributed by atoms with van der Waals surface area (Å²) in [4.78, 5) is 0. The predicted molar refractivity (Wildman–Crippen MR) is 0 cm³/mol. The van der Waals surface area contributed by atoms with Crippen LogP contribution in [0.25, 0.3) is 0 Å². The molecule has 0 aromatic carbocycles. The van der Waals surface area contributed by atoms with Gasteiger partial charge in [0.2, 0.25) is 0 Å². The maximum Gasteiger partial charge on any atom is 0 e. The van der Waals surface area contributed by atoms with Crippen LogP contribution in [-0.4, -0.2) is 0 Å². The third-order valence-electron chi connectivity index (χ3n) is 0. The molecule has 0 atom stereocenters. The summed E-state index contributed by atoms with van der Waals surface area (Å²) in [5.41, 5.74) is 0. The predicted octanol–water partition coefficient (Wildman–Crippen LogP) is -30.0. The average molecular weight is 901 g/mol. The third-order valence-corrected chi connectivity index (χ3v) is 0. The first-order valence-corrected chi connectivity index (χ1v) is 0. The molecule has 0 unspecified atom stereocenters. The molecule has 0 fully saturated rings. The van der Waals surface area contributed by atoms with E-state index >= 15 is 0 Å². The minimum absolute atomic E-state index is 0. The molecule has 0 saturated carbocycles. The van der Waals surface area contributed by atoms with Gasteiger partial charge < -0.3 is 170 Å². The molecule has 0 amide bonds. The SMILES string of the molecule is [Br-].[Br-].[Br-].[Br-].[Br-].[Br-].[Br-].[Br-].[Br-].[Br-].[V].[V]. The molecule has 0 aromatic rings. The smallest absolute Gasteiger partial charge is 0 e. The molecule has 0 aliphatic heterocycles. The number of rotatable bonds is 0. The Morgan fingerprint density at radius 1 is 0.167 bits per heavy atom. The van der Waals surface area contributed by atoms with Crippen LogP contribution in [0.3, 0.4) is 0 Å². The van der Waals surface area contributed by atoms with Gasteiger partial charge in [-0.3, -0.25) is 0 Å². The van der Waals surface area contributed by atoms with E-state index in [1.807, 2.05) is 0 Å². The van der Waals surface area contributed by atoms with Gasteiger partial charge in [0, 0.05) is 37.1 Å². The van der Waals surface area contributed by atoms with Gasteiger partial charge in [-0.05, 0) is 0 Å². The second-order valence-electron chi connectivity index (χ2n) is 0. The molecule has 12 heavy (non-hydrogen) atoms. The molecule has 12 heteroatoms. The van der Waals surface area contributed by atoms with Crippen molar-refractivity contribution in [2.24, 2.45) is 0 Å². The topological polar surface area (TPSA) is 0 Å². The van der Waals surface area contributed by atoms with Crippen LogP contribution in [-0.2, 0) is 37.1 Å². The Labute approximate surface area is 203 Å². The number of halogens is 10. The number of hydrogen-bond donors (Lipinski definition) is 0. The molecule has 0 nitrogen and oxygen atoms in total. The Morgan fingerprint density at radius 3 is 0.167 bits per heavy atom. The largest absolute Gasteiger partial charge is 1.00 e. The van der Waals surface area contributed by atoms with Crippen molar-refractivity contribution in [3.8, 4) is 0 Å². The molecule has 90 valence electrons. The van der Waals surface area contributed by atoms with Crippen molar-refractivity contribution in [3.63, 3.8) is 0 Å². The van der Waals surface area contributed by atoms with E-state index in [9.17, 15) is 0 Å². The second-order valence-corrected chi connectivity index (χ2v) is 0. The Morgan fingerprint density at radius 2 is 0.167 bits per heavy atom. The van der Waals surface area contributed by atoms with E-state index in [0.29, 0.717) is 0 Å². The molecule has 0 aromatic heterocycles. The first-order valence-electron chi connectivity index (χ1n) is 0. The van der Waals surface area contributed by atoms with Crippen LogP contribution in [0.5, 0.6) is 0 Å². The maximum absolute atomic E-state index is 0. The van der Waals surface area contributed by atoms with Crippen molar-refractivity contribution in [1.82, 2.24) is 0 Å². The van der Waals surface area contributed by atoms with Crippen LogP contribution in [0.2, 0.25) is 0 Å². The first-order chi connectivity index (χ1) is 0. The zero-order valence-electron chi connectivity index (χ0n) is 4.67. The summed E-state index contributed by atoms with van der Waals surface area (Å²) in [6.07, 6.45) is 0. The Hall–Kier alpha value is 5.97. The normalized spacial score (nSPS) is 0. The fourth-order valence-corrected chi connectivity index (χ4v) is 0. The summed E-state index contributed by atoms with van der Waals surface area (Å²) in [6.45, 7) is 0. The summed E-state index contributed by atoms with van der Waals surface area (Å²) < 4.78 is 0. The van der Waals surface area contributed by atoms with Crippen LogP contribution in [0, 0.1) is 0 Å². The average Bonchev–Trinajstić information content (AvgIpc) is 0. The van der Waals surface area contributed by atoms with Crippen molar-refractivity contribution in [2.75, 3.05) is 0 Å². The summed E-state index contributed by atoms with van der Waals surface area (Å²) >= 11 is 0. The molecule has 0 saturated heterocycles. The Bertz CT molecular complexity index is 7.80. The van der Waals surface area contributed by atoms with Crippen molar-refractivity contribution in [3.05, 3.63) is 0 Å². The molecule has 0 aliphatic rings. The molecular formula is Br10V2-10. The third kappa shape index (κ3) is 100. The standard InChI is InChI=1S/10BrH.2V/h10*1H;;/p-10. The van der Waals surface area contributed by atoms with E-state index in [2.05, 4.69) is 0 Å². The summed E-state index contributed by atoms with van der Waals surface area (Å²) in [7, 11) is 0. The van der Waals surface area contributed by atoms with E-state index in [4.69, 9.17) is 0 Å². The molecule has 0 heterocycles. The molecule has 0 N–H and O–H groups in total. The van der Waals surface area contributed by atoms with Crippen LogP contribution in [0.15, 0.2) is 0 Å². The molecular weight excluding hydrogens is 901 g/mol. The van der Waals surface area contributed by atoms with Crippen molar-refractivity contribution < 1.29 is 207 Å². The fourth-order valence-electron chi connectivity index (χ4n) is 0. The molecule has 0 spiro atoms. The molecule has 0 bridgehead atoms. The van der Waals surface area contributed by atoms with E-state index in [1.165, 1.54) is 0 Å². The molecule has 2 radical (unpaired) electrons. The molecule has 0 aliphatic carbocycles. The van der Waals surface area contributed by atoms with Gasteiger partial charge in [-0.25, -0.2) is 0 Å². The quantitative estimate of drug-likeness (QED) is 0.227. The summed E-state index contributed by atoms with van der Waals surface area (Å²) in [6, 6.07) is 0. The minimum atomic E-state index is 0. The second kappa shape index (κ2) is 121. The van der Waals surface area contributed by atoms with Crippen LogP contribution in [0.1, 0.15) is 0 Å². The zero-order chi connectivity index (χ0) is 0. The van der Waals surface area contributed by atoms with Crippen molar-refractivity contribution in [2.45, 2.75) is 0 Å². The Balaban J connectivity index is 0. The zero-order valence-corrected chi connectivity index (χ0v) is 23.3. The first kappa shape index (κ1) is 145. The van der Waals surface area contributed by atoms with Crippen LogP contribution < -0.4 is 170 Å². The van der Waals surface area contributed by atoms with E-state index < -0.39 is 0 Å². The summed E-state index contributed by atoms with van der Waals surface area (Å²) in [5, 5.41) is 0. The van der Waals surface area contributed by atoms with Gasteiger partial charge in [0.15, 0.2) is 0 Å². The van der Waals surface area contributed by atoms with E-state index in [-0.39, 0.29) is 207 Å². The van der Waals surface area contributed by atoms with E-state index in [0.717, 1.165) is 0 Å². The van der Waals surface area contributed by atoms with Crippen molar-refractivity contribution >= 4 is 0 Å². The minimum Gasteiger partial charge on any atom is -1.00 e. The molecule has 0 rings (SSSR count). The van der Waals surface area contributed by atoms with Gasteiger partial charge in [-0.15, -0.1) is 0 Å². The van der Waals surface area contributed by atoms with Gasteiger partial charge >= 0.3 is 0 Å². The van der Waals surface area contributed by atoms with Crippen LogP contribution >= 0.6 is 0 Å². The maximum atomic E-state index is 0. The monoisotopic (exact) mass is 891 g/mol. The van der Waals surface area contributed by atoms with Gasteiger partial charge in [-0.1, -0.05) is 0 Å². The van der Waals surface area contributed by atoms with Crippen molar-refractivity contribution in [1.29, 1.82) is 0 Å². The van der Waals surface area contributed by atoms with Gasteiger partial charge in [0.05, 0.1) is 0 Å². The van der Waals surface area contributed by atoms with Gasteiger partial charge in [0.25, 0.3) is 0 Å². The summed E-state index contributed by atoms with van der Waals surface area (Å²) in [5.74, 6) is 0. The number of hydrogen-bond acceptors (Lipinski definition) is 0. The fraction of sp³-hybridized carbons (Fsp3) is 0. The Kier molecular flexibility index (Phi) is 1470. The van der Waals surface area contributed by atoms with Gasteiger partial charge in [0.1, 0.15) is 0 Å². The van der Waals surface area contributed by atoms with Crippen LogP contribution in [0.4, 0.5) is 0 Å².